The molecule has 184 valence electrons. The van der Waals surface area contributed by atoms with E-state index < -0.39 is 29.9 Å². The zero-order chi connectivity index (χ0) is 25.0. The third-order valence-corrected chi connectivity index (χ3v) is 7.13. The van der Waals surface area contributed by atoms with Crippen molar-refractivity contribution in [2.45, 2.75) is 50.4 Å². The van der Waals surface area contributed by atoms with Crippen LogP contribution in [0.2, 0.25) is 0 Å². The van der Waals surface area contributed by atoms with E-state index in [1.807, 2.05) is 0 Å². The van der Waals surface area contributed by atoms with E-state index in [1.54, 1.807) is 16.8 Å². The first-order chi connectivity index (χ1) is 16.5. The number of fused-ring (bicyclic) bond motifs is 1. The number of nitrogens with zero attached hydrogens (tertiary/aromatic N) is 2. The van der Waals surface area contributed by atoms with E-state index >= 15 is 0 Å². The summed E-state index contributed by atoms with van der Waals surface area (Å²) in [5, 5.41) is 12.7. The molecule has 3 aromatic rings. The van der Waals surface area contributed by atoms with Gasteiger partial charge >= 0.3 is 12.1 Å². The van der Waals surface area contributed by atoms with Crippen LogP contribution in [0.15, 0.2) is 42.7 Å². The lowest BCUT2D eigenvalue weighted by Gasteiger charge is -2.70. The maximum atomic E-state index is 13.3. The zero-order valence-corrected chi connectivity index (χ0v) is 18.7. The molecule has 2 heterocycles. The van der Waals surface area contributed by atoms with E-state index in [4.69, 9.17) is 5.11 Å². The molecule has 1 aromatic carbocycles. The van der Waals surface area contributed by atoms with Crippen LogP contribution in [-0.4, -0.2) is 38.7 Å². The lowest BCUT2D eigenvalue weighted by molar-refractivity contribution is -0.172. The molecule has 2 bridgehead atoms. The molecule has 3 fully saturated rings. The molecule has 0 spiro atoms. The van der Waals surface area contributed by atoms with Crippen molar-refractivity contribution in [3.63, 3.8) is 0 Å². The van der Waals surface area contributed by atoms with Crippen molar-refractivity contribution in [2.75, 3.05) is 6.67 Å². The Morgan fingerprint density at radius 2 is 1.80 bits per heavy atom. The van der Waals surface area contributed by atoms with Gasteiger partial charge in [-0.2, -0.15) is 13.2 Å². The van der Waals surface area contributed by atoms with E-state index in [1.165, 1.54) is 18.3 Å². The Bertz CT molecular complexity index is 1290. The Hall–Kier alpha value is -3.43. The van der Waals surface area contributed by atoms with Crippen LogP contribution in [0, 0.1) is 5.41 Å². The maximum Gasteiger partial charge on any atom is 0.416 e. The number of hydrogen-bond acceptors (Lipinski definition) is 3. The largest absolute Gasteiger partial charge is 0.481 e. The van der Waals surface area contributed by atoms with Gasteiger partial charge in [0.1, 0.15) is 12.3 Å². The number of benzene rings is 1. The Morgan fingerprint density at radius 1 is 1.11 bits per heavy atom. The monoisotopic (exact) mass is 489 g/mol. The SMILES string of the molecule is O=C(O)CC12CC(NC(=O)c3cn(CCF)c4nccc(Cc5ccc(C(F)(F)F)cc5)c34)(C1)C2. The smallest absolute Gasteiger partial charge is 0.416 e. The molecule has 1 amide bonds. The van der Waals surface area contributed by atoms with Crippen molar-refractivity contribution >= 4 is 22.9 Å². The maximum absolute atomic E-state index is 13.3. The number of nitrogens with one attached hydrogen (secondary N) is 1. The standard InChI is InChI=1S/C25H23F4N3O3/c26-6-8-32-11-18(22(35)31-24-12-23(13-24,14-24)10-19(33)34)20-16(5-7-30-21(20)32)9-15-1-3-17(4-2-15)25(27,28)29/h1-5,7,11H,6,8-10,12-14H2,(H,31,35)(H,33,34). The molecule has 10 heteroatoms. The van der Waals surface area contributed by atoms with Crippen molar-refractivity contribution in [2.24, 2.45) is 5.41 Å². The summed E-state index contributed by atoms with van der Waals surface area (Å²) < 4.78 is 53.5. The predicted molar refractivity (Wildman–Crippen MR) is 119 cm³/mol. The normalized spacial score (nSPS) is 23.0. The summed E-state index contributed by atoms with van der Waals surface area (Å²) >= 11 is 0. The van der Waals surface area contributed by atoms with Crippen LogP contribution in [0.4, 0.5) is 17.6 Å². The number of aromatic nitrogens is 2. The highest BCUT2D eigenvalue weighted by atomic mass is 19.4. The molecule has 0 radical (unpaired) electrons. The topological polar surface area (TPSA) is 84.2 Å². The average Bonchev–Trinajstić information content (AvgIpc) is 3.11. The number of aryl methyl sites for hydroxylation is 1. The Balaban J connectivity index is 1.43. The first kappa shape index (κ1) is 23.3. The minimum Gasteiger partial charge on any atom is -0.481 e. The number of carbonyl (C=O) groups excluding carboxylic acids is 1. The Labute approximate surface area is 198 Å². The van der Waals surface area contributed by atoms with Gasteiger partial charge in [0.05, 0.1) is 24.1 Å². The summed E-state index contributed by atoms with van der Waals surface area (Å²) in [6.45, 7) is -0.648. The molecule has 3 aliphatic rings. The lowest BCUT2D eigenvalue weighted by Crippen LogP contribution is -2.74. The molecule has 6 rings (SSSR count). The quantitative estimate of drug-likeness (QED) is 0.448. The number of alkyl halides is 4. The molecule has 35 heavy (non-hydrogen) atoms. The van der Waals surface area contributed by atoms with Gasteiger partial charge in [-0.1, -0.05) is 12.1 Å². The number of pyridine rings is 1. The van der Waals surface area contributed by atoms with Gasteiger partial charge in [0, 0.05) is 23.3 Å². The Morgan fingerprint density at radius 3 is 2.40 bits per heavy atom. The molecular formula is C25H23F4N3O3. The number of hydrogen-bond donors (Lipinski definition) is 2. The first-order valence-electron chi connectivity index (χ1n) is 11.3. The van der Waals surface area contributed by atoms with E-state index in [0.29, 0.717) is 47.0 Å². The van der Waals surface area contributed by atoms with E-state index in [0.717, 1.165) is 12.1 Å². The molecule has 0 aliphatic heterocycles. The summed E-state index contributed by atoms with van der Waals surface area (Å²) in [6.07, 6.45) is 0.844. The van der Waals surface area contributed by atoms with E-state index in [-0.39, 0.29) is 30.7 Å². The molecule has 2 N–H and O–H groups in total. The Kier molecular flexibility index (Phi) is 5.37. The predicted octanol–water partition coefficient (Wildman–Crippen LogP) is 4.74. The van der Waals surface area contributed by atoms with E-state index in [9.17, 15) is 27.2 Å². The molecule has 0 unspecified atom stereocenters. The summed E-state index contributed by atoms with van der Waals surface area (Å²) in [7, 11) is 0. The van der Waals surface area contributed by atoms with Crippen LogP contribution in [-0.2, 0) is 23.9 Å². The van der Waals surface area contributed by atoms with Gasteiger partial charge in [0.2, 0.25) is 0 Å². The van der Waals surface area contributed by atoms with Gasteiger partial charge in [-0.3, -0.25) is 9.59 Å². The molecule has 0 atom stereocenters. The van der Waals surface area contributed by atoms with Crippen LogP contribution in [0.25, 0.3) is 11.0 Å². The fourth-order valence-corrected chi connectivity index (χ4v) is 5.84. The van der Waals surface area contributed by atoms with Crippen LogP contribution in [0.5, 0.6) is 0 Å². The van der Waals surface area contributed by atoms with Crippen molar-refractivity contribution in [1.29, 1.82) is 0 Å². The van der Waals surface area contributed by atoms with Crippen molar-refractivity contribution in [3.05, 3.63) is 65.0 Å². The van der Waals surface area contributed by atoms with Crippen LogP contribution >= 0.6 is 0 Å². The molecule has 2 aromatic heterocycles. The van der Waals surface area contributed by atoms with Crippen molar-refractivity contribution in [3.8, 4) is 0 Å². The van der Waals surface area contributed by atoms with Crippen LogP contribution < -0.4 is 5.32 Å². The second-order valence-electron chi connectivity index (χ2n) is 9.80. The second-order valence-corrected chi connectivity index (χ2v) is 9.80. The highest BCUT2D eigenvalue weighted by Gasteiger charge is 2.68. The summed E-state index contributed by atoms with van der Waals surface area (Å²) in [6, 6.07) is 6.55. The number of aliphatic carboxylic acids is 1. The van der Waals surface area contributed by atoms with Crippen LogP contribution in [0.3, 0.4) is 0 Å². The molecule has 6 nitrogen and oxygen atoms in total. The van der Waals surface area contributed by atoms with E-state index in [2.05, 4.69) is 10.3 Å². The van der Waals surface area contributed by atoms with Gasteiger partial charge in [0.25, 0.3) is 5.91 Å². The summed E-state index contributed by atoms with van der Waals surface area (Å²) in [4.78, 5) is 28.7. The number of rotatable bonds is 8. The van der Waals surface area contributed by atoms with Crippen molar-refractivity contribution in [1.82, 2.24) is 14.9 Å². The first-order valence-corrected chi connectivity index (χ1v) is 11.3. The highest BCUT2D eigenvalue weighted by Crippen LogP contribution is 2.69. The molecular weight excluding hydrogens is 466 g/mol. The molecule has 3 saturated carbocycles. The number of carboxylic acids is 1. The minimum absolute atomic E-state index is 0.00732. The highest BCUT2D eigenvalue weighted by molar-refractivity contribution is 6.08. The number of halogens is 4. The van der Waals surface area contributed by atoms with Gasteiger partial charge in [0.15, 0.2) is 0 Å². The van der Waals surface area contributed by atoms with Gasteiger partial charge in [-0.25, -0.2) is 9.37 Å². The summed E-state index contributed by atoms with van der Waals surface area (Å²) in [5.41, 5.74) is 0.669. The number of carboxylic acid groups (broad SMARTS) is 1. The number of carbonyl (C=O) groups is 2. The van der Waals surface area contributed by atoms with Gasteiger partial charge in [-0.05, 0) is 60.4 Å². The molecule has 3 aliphatic carbocycles. The second kappa shape index (κ2) is 8.07. The fraction of sp³-hybridized carbons (Fsp3) is 0.400. The summed E-state index contributed by atoms with van der Waals surface area (Å²) in [5.74, 6) is -1.20. The van der Waals surface area contributed by atoms with Gasteiger partial charge in [-0.15, -0.1) is 0 Å². The average molecular weight is 489 g/mol. The number of amides is 1. The van der Waals surface area contributed by atoms with Gasteiger partial charge < -0.3 is 15.0 Å². The zero-order valence-electron chi connectivity index (χ0n) is 18.7. The fourth-order valence-electron chi connectivity index (χ4n) is 5.84. The van der Waals surface area contributed by atoms with Crippen molar-refractivity contribution < 1.29 is 32.3 Å². The third kappa shape index (κ3) is 4.15. The lowest BCUT2D eigenvalue weighted by atomic mass is 9.38. The van der Waals surface area contributed by atoms with Crippen LogP contribution in [0.1, 0.15) is 52.7 Å². The minimum atomic E-state index is -4.43. The molecule has 0 saturated heterocycles. The third-order valence-electron chi connectivity index (χ3n) is 7.13.